The molecule has 0 aliphatic heterocycles. The summed E-state index contributed by atoms with van der Waals surface area (Å²) in [5, 5.41) is 8.69. The Kier molecular flexibility index (Phi) is 4.08. The number of hydrazine groups is 1. The second-order valence-electron chi connectivity index (χ2n) is 4.89. The van der Waals surface area contributed by atoms with Crippen LogP contribution < -0.4 is 15.6 Å². The number of nitrogens with two attached hydrogens (primary N) is 1. The van der Waals surface area contributed by atoms with Crippen molar-refractivity contribution in [3.05, 3.63) is 53.2 Å². The van der Waals surface area contributed by atoms with Gasteiger partial charge >= 0.3 is 0 Å². The molecule has 3 rings (SSSR count). The van der Waals surface area contributed by atoms with Crippen LogP contribution in [0.3, 0.4) is 0 Å². The monoisotopic (exact) mass is 315 g/mol. The number of ether oxygens (including phenoxy) is 1. The molecule has 0 saturated heterocycles. The minimum absolute atomic E-state index is 0.415. The Bertz CT molecular complexity index is 751. The lowest BCUT2D eigenvalue weighted by Crippen LogP contribution is -2.26. The van der Waals surface area contributed by atoms with Crippen molar-refractivity contribution in [3.8, 4) is 11.0 Å². The molecule has 1 aromatic carbocycles. The second kappa shape index (κ2) is 6.17. The van der Waals surface area contributed by atoms with Crippen molar-refractivity contribution in [2.45, 2.75) is 13.5 Å². The molecule has 22 heavy (non-hydrogen) atoms. The number of anilines is 1. The smallest absolute Gasteiger partial charge is 0.233 e. The molecule has 2 N–H and O–H groups in total. The van der Waals surface area contributed by atoms with E-state index >= 15 is 0 Å². The normalized spacial score (nSPS) is 10.7. The van der Waals surface area contributed by atoms with Gasteiger partial charge in [-0.3, -0.25) is 0 Å². The number of aromatic nitrogens is 3. The highest BCUT2D eigenvalue weighted by molar-refractivity contribution is 7.12. The van der Waals surface area contributed by atoms with Crippen LogP contribution in [0.1, 0.15) is 11.1 Å². The maximum absolute atomic E-state index is 5.87. The molecule has 2 heterocycles. The SMILES string of the molecule is Cc1cccc(N(C)N)c1COc1ccn(-c2nccs2)n1. The van der Waals surface area contributed by atoms with Crippen LogP contribution in [0.4, 0.5) is 5.69 Å². The van der Waals surface area contributed by atoms with Gasteiger partial charge in [0.15, 0.2) is 0 Å². The topological polar surface area (TPSA) is 69.2 Å². The number of hydrogen-bond acceptors (Lipinski definition) is 6. The summed E-state index contributed by atoms with van der Waals surface area (Å²) in [6, 6.07) is 7.82. The predicted octanol–water partition coefficient (Wildman–Crippen LogP) is 2.53. The van der Waals surface area contributed by atoms with Gasteiger partial charge in [-0.1, -0.05) is 12.1 Å². The average molecular weight is 315 g/mol. The van der Waals surface area contributed by atoms with E-state index in [1.54, 1.807) is 15.9 Å². The summed E-state index contributed by atoms with van der Waals surface area (Å²) in [5.74, 6) is 6.43. The summed E-state index contributed by atoms with van der Waals surface area (Å²) >= 11 is 1.52. The zero-order valence-corrected chi connectivity index (χ0v) is 13.2. The summed E-state index contributed by atoms with van der Waals surface area (Å²) in [6.45, 7) is 2.46. The Labute approximate surface area is 132 Å². The van der Waals surface area contributed by atoms with E-state index < -0.39 is 0 Å². The van der Waals surface area contributed by atoms with Gasteiger partial charge < -0.3 is 9.75 Å². The molecule has 3 aromatic rings. The van der Waals surface area contributed by atoms with Gasteiger partial charge in [-0.2, -0.15) is 0 Å². The van der Waals surface area contributed by atoms with E-state index in [0.717, 1.165) is 21.9 Å². The van der Waals surface area contributed by atoms with Crippen LogP contribution in [-0.4, -0.2) is 21.8 Å². The molecule has 0 amide bonds. The molecular weight excluding hydrogens is 298 g/mol. The Morgan fingerprint density at radius 2 is 2.23 bits per heavy atom. The van der Waals surface area contributed by atoms with Gasteiger partial charge in [0.1, 0.15) is 6.61 Å². The van der Waals surface area contributed by atoms with E-state index in [1.165, 1.54) is 11.3 Å². The Morgan fingerprint density at radius 3 is 2.95 bits per heavy atom. The van der Waals surface area contributed by atoms with Crippen molar-refractivity contribution >= 4 is 17.0 Å². The van der Waals surface area contributed by atoms with Gasteiger partial charge in [-0.05, 0) is 18.6 Å². The first-order valence-corrected chi connectivity index (χ1v) is 7.68. The first kappa shape index (κ1) is 14.6. The summed E-state index contributed by atoms with van der Waals surface area (Å²) < 4.78 is 7.51. The van der Waals surface area contributed by atoms with Crippen LogP contribution >= 0.6 is 11.3 Å². The molecule has 0 aliphatic carbocycles. The fraction of sp³-hybridized carbons (Fsp3) is 0.200. The maximum atomic E-state index is 5.87. The summed E-state index contributed by atoms with van der Waals surface area (Å²) in [6.07, 6.45) is 3.58. The molecule has 0 spiro atoms. The quantitative estimate of drug-likeness (QED) is 0.579. The summed E-state index contributed by atoms with van der Waals surface area (Å²) in [4.78, 5) is 4.21. The lowest BCUT2D eigenvalue weighted by molar-refractivity contribution is 0.291. The first-order valence-electron chi connectivity index (χ1n) is 6.80. The van der Waals surface area contributed by atoms with Crippen LogP contribution in [0.2, 0.25) is 0 Å². The number of aryl methyl sites for hydroxylation is 1. The fourth-order valence-corrected chi connectivity index (χ4v) is 2.75. The second-order valence-corrected chi connectivity index (χ2v) is 5.76. The predicted molar refractivity (Wildman–Crippen MR) is 87.3 cm³/mol. The molecule has 0 unspecified atom stereocenters. The third-order valence-electron chi connectivity index (χ3n) is 3.31. The van der Waals surface area contributed by atoms with Crippen molar-refractivity contribution in [2.75, 3.05) is 12.1 Å². The Hall–Kier alpha value is -2.38. The molecule has 6 nitrogen and oxygen atoms in total. The Balaban J connectivity index is 1.76. The van der Waals surface area contributed by atoms with Gasteiger partial charge in [-0.15, -0.1) is 16.4 Å². The number of rotatable bonds is 5. The molecule has 0 fully saturated rings. The molecule has 0 atom stereocenters. The van der Waals surface area contributed by atoms with Gasteiger partial charge in [0.2, 0.25) is 11.0 Å². The third kappa shape index (κ3) is 2.95. The summed E-state index contributed by atoms with van der Waals surface area (Å²) in [7, 11) is 1.81. The van der Waals surface area contributed by atoms with Crippen molar-refractivity contribution in [2.24, 2.45) is 5.84 Å². The van der Waals surface area contributed by atoms with E-state index in [4.69, 9.17) is 10.6 Å². The van der Waals surface area contributed by atoms with Crippen LogP contribution in [0.25, 0.3) is 5.13 Å². The molecule has 0 bridgehead atoms. The van der Waals surface area contributed by atoms with E-state index in [1.807, 2.05) is 49.8 Å². The lowest BCUT2D eigenvalue weighted by Gasteiger charge is -2.18. The van der Waals surface area contributed by atoms with Gasteiger partial charge in [0.05, 0.1) is 5.69 Å². The van der Waals surface area contributed by atoms with E-state index in [2.05, 4.69) is 10.1 Å². The van der Waals surface area contributed by atoms with Crippen molar-refractivity contribution < 1.29 is 4.74 Å². The van der Waals surface area contributed by atoms with Gasteiger partial charge in [0.25, 0.3) is 0 Å². The Morgan fingerprint density at radius 1 is 1.36 bits per heavy atom. The number of nitrogens with zero attached hydrogens (tertiary/aromatic N) is 4. The molecular formula is C15H17N5OS. The summed E-state index contributed by atoms with van der Waals surface area (Å²) in [5.41, 5.74) is 3.13. The third-order valence-corrected chi connectivity index (χ3v) is 4.07. The number of thiazole rings is 1. The standard InChI is InChI=1S/C15H17N5OS/c1-11-4-3-5-13(19(2)16)12(11)10-21-14-6-8-20(18-14)15-17-7-9-22-15/h3-9H,10,16H2,1-2H3. The average Bonchev–Trinajstić information content (AvgIpc) is 3.16. The molecule has 0 radical (unpaired) electrons. The van der Waals surface area contributed by atoms with Crippen LogP contribution in [0.5, 0.6) is 5.88 Å². The van der Waals surface area contributed by atoms with Crippen molar-refractivity contribution in [1.82, 2.24) is 14.8 Å². The largest absolute Gasteiger partial charge is 0.472 e. The highest BCUT2D eigenvalue weighted by Gasteiger charge is 2.10. The van der Waals surface area contributed by atoms with Crippen LogP contribution in [-0.2, 0) is 6.61 Å². The van der Waals surface area contributed by atoms with E-state index in [-0.39, 0.29) is 0 Å². The zero-order chi connectivity index (χ0) is 15.5. The number of benzene rings is 1. The molecule has 7 heteroatoms. The van der Waals surface area contributed by atoms with E-state index in [9.17, 15) is 0 Å². The zero-order valence-electron chi connectivity index (χ0n) is 12.4. The van der Waals surface area contributed by atoms with Gasteiger partial charge in [-0.25, -0.2) is 15.5 Å². The fourth-order valence-electron chi connectivity index (χ4n) is 2.17. The van der Waals surface area contributed by atoms with Gasteiger partial charge in [0, 0.05) is 36.5 Å². The molecule has 0 aliphatic rings. The highest BCUT2D eigenvalue weighted by atomic mass is 32.1. The maximum Gasteiger partial charge on any atom is 0.233 e. The lowest BCUT2D eigenvalue weighted by atomic mass is 10.1. The minimum atomic E-state index is 0.415. The molecule has 2 aromatic heterocycles. The minimum Gasteiger partial charge on any atom is -0.472 e. The van der Waals surface area contributed by atoms with Crippen LogP contribution in [0, 0.1) is 6.92 Å². The highest BCUT2D eigenvalue weighted by Crippen LogP contribution is 2.23. The molecule has 0 saturated carbocycles. The molecule has 114 valence electrons. The van der Waals surface area contributed by atoms with Crippen LogP contribution in [0.15, 0.2) is 42.0 Å². The van der Waals surface area contributed by atoms with Crippen molar-refractivity contribution in [1.29, 1.82) is 0 Å². The van der Waals surface area contributed by atoms with E-state index in [0.29, 0.717) is 12.5 Å². The van der Waals surface area contributed by atoms with Crippen molar-refractivity contribution in [3.63, 3.8) is 0 Å². The first-order chi connectivity index (χ1) is 10.6. The number of hydrogen-bond donors (Lipinski definition) is 1.